The van der Waals surface area contributed by atoms with Crippen LogP contribution in [0.1, 0.15) is 11.8 Å². The maximum atomic E-state index is 11.2. The highest BCUT2D eigenvalue weighted by Crippen LogP contribution is 2.36. The molecule has 4 rings (SSSR count). The van der Waals surface area contributed by atoms with Crippen molar-refractivity contribution in [1.82, 2.24) is 15.1 Å². The van der Waals surface area contributed by atoms with Gasteiger partial charge in [-0.2, -0.15) is 5.10 Å². The Bertz CT molecular complexity index is 909. The van der Waals surface area contributed by atoms with Gasteiger partial charge in [-0.3, -0.25) is 10.1 Å². The third kappa shape index (κ3) is 3.25. The number of benzene rings is 1. The molecule has 0 aliphatic carbocycles. The maximum absolute atomic E-state index is 11.2. The van der Waals surface area contributed by atoms with Crippen LogP contribution in [0.2, 0.25) is 0 Å². The van der Waals surface area contributed by atoms with E-state index < -0.39 is 18.2 Å². The highest BCUT2D eigenvalue weighted by atomic mass is 79.9. The van der Waals surface area contributed by atoms with Crippen LogP contribution in [0.15, 0.2) is 52.4 Å². The predicted molar refractivity (Wildman–Crippen MR) is 97.8 cm³/mol. The van der Waals surface area contributed by atoms with Crippen LogP contribution >= 0.6 is 27.3 Å². The van der Waals surface area contributed by atoms with Gasteiger partial charge in [0.2, 0.25) is 0 Å². The molecule has 0 saturated carbocycles. The minimum Gasteiger partial charge on any atom is -0.480 e. The number of ether oxygens (including phenoxy) is 1. The molecular formula is C17H14BrN3O3S. The molecule has 1 aliphatic heterocycles. The second-order valence-corrected chi connectivity index (χ2v) is 8.05. The standard InChI is InChI=1S/C17H14BrN3O3S/c18-14-7-6-13(25-14)15-11(16-19-12(9-24-16)17(22)23)8-21(20-15)10-4-2-1-3-5-10/h1-8,12,16,19H,9H2,(H,22,23)/t12-,16?/m1/s1. The lowest BCUT2D eigenvalue weighted by Gasteiger charge is -2.09. The Morgan fingerprint density at radius 1 is 1.32 bits per heavy atom. The smallest absolute Gasteiger partial charge is 0.323 e. The third-order valence-electron chi connectivity index (χ3n) is 3.93. The number of aliphatic carboxylic acids is 1. The topological polar surface area (TPSA) is 76.4 Å². The normalized spacial score (nSPS) is 20.0. The summed E-state index contributed by atoms with van der Waals surface area (Å²) in [6.07, 6.45) is 1.38. The van der Waals surface area contributed by atoms with Crippen LogP contribution in [0.5, 0.6) is 0 Å². The van der Waals surface area contributed by atoms with E-state index in [1.54, 1.807) is 16.0 Å². The summed E-state index contributed by atoms with van der Waals surface area (Å²) in [5, 5.41) is 16.9. The van der Waals surface area contributed by atoms with Gasteiger partial charge in [0.05, 0.1) is 21.0 Å². The number of carboxylic acids is 1. The Morgan fingerprint density at radius 2 is 2.12 bits per heavy atom. The second-order valence-electron chi connectivity index (χ2n) is 5.59. The second kappa shape index (κ2) is 6.72. The number of nitrogens with one attached hydrogen (secondary N) is 1. The Balaban J connectivity index is 1.76. The number of para-hydroxylation sites is 1. The van der Waals surface area contributed by atoms with Crippen LogP contribution in [-0.2, 0) is 9.53 Å². The molecule has 1 aromatic carbocycles. The fraction of sp³-hybridized carbons (Fsp3) is 0.176. The van der Waals surface area contributed by atoms with Crippen LogP contribution in [0, 0.1) is 0 Å². The molecule has 1 unspecified atom stereocenters. The van der Waals surface area contributed by atoms with Crippen molar-refractivity contribution in [3.8, 4) is 16.3 Å². The fourth-order valence-corrected chi connectivity index (χ4v) is 4.11. The van der Waals surface area contributed by atoms with E-state index in [9.17, 15) is 9.90 Å². The number of rotatable bonds is 4. The van der Waals surface area contributed by atoms with Gasteiger partial charge in [-0.1, -0.05) is 18.2 Å². The zero-order valence-corrected chi connectivity index (χ0v) is 15.3. The summed E-state index contributed by atoms with van der Waals surface area (Å²) in [7, 11) is 0. The van der Waals surface area contributed by atoms with Crippen LogP contribution in [0.25, 0.3) is 16.3 Å². The van der Waals surface area contributed by atoms with E-state index in [1.807, 2.05) is 48.7 Å². The zero-order valence-electron chi connectivity index (χ0n) is 12.9. The molecule has 8 heteroatoms. The summed E-state index contributed by atoms with van der Waals surface area (Å²) in [4.78, 5) is 12.2. The summed E-state index contributed by atoms with van der Waals surface area (Å²) < 4.78 is 8.47. The largest absolute Gasteiger partial charge is 0.480 e. The maximum Gasteiger partial charge on any atom is 0.323 e. The number of carbonyl (C=O) groups is 1. The molecule has 25 heavy (non-hydrogen) atoms. The van der Waals surface area contributed by atoms with Crippen molar-refractivity contribution in [2.24, 2.45) is 0 Å². The van der Waals surface area contributed by atoms with E-state index in [0.717, 1.165) is 25.6 Å². The van der Waals surface area contributed by atoms with Crippen molar-refractivity contribution in [1.29, 1.82) is 0 Å². The van der Waals surface area contributed by atoms with Gasteiger partial charge in [0.1, 0.15) is 18.0 Å². The zero-order chi connectivity index (χ0) is 17.4. The van der Waals surface area contributed by atoms with E-state index in [0.29, 0.717) is 0 Å². The number of aromatic nitrogens is 2. The molecule has 0 amide bonds. The summed E-state index contributed by atoms with van der Waals surface area (Å²) in [6, 6.07) is 13.0. The summed E-state index contributed by atoms with van der Waals surface area (Å²) in [5.41, 5.74) is 2.53. The van der Waals surface area contributed by atoms with E-state index in [4.69, 9.17) is 9.84 Å². The first kappa shape index (κ1) is 16.5. The Hall–Kier alpha value is -2.00. The number of nitrogens with zero attached hydrogens (tertiary/aromatic N) is 2. The van der Waals surface area contributed by atoms with Gasteiger partial charge in [-0.05, 0) is 40.2 Å². The first-order valence-corrected chi connectivity index (χ1v) is 9.24. The van der Waals surface area contributed by atoms with Crippen molar-refractivity contribution in [2.45, 2.75) is 12.3 Å². The lowest BCUT2D eigenvalue weighted by Crippen LogP contribution is -2.33. The first-order valence-electron chi connectivity index (χ1n) is 7.63. The molecule has 1 fully saturated rings. The van der Waals surface area contributed by atoms with Gasteiger partial charge in [-0.25, -0.2) is 4.68 Å². The van der Waals surface area contributed by atoms with Crippen LogP contribution in [-0.4, -0.2) is 33.5 Å². The molecule has 3 heterocycles. The molecule has 6 nitrogen and oxygen atoms in total. The lowest BCUT2D eigenvalue weighted by molar-refractivity contribution is -0.139. The number of thiophene rings is 1. The summed E-state index contributed by atoms with van der Waals surface area (Å²) in [5.74, 6) is -0.918. The number of hydrogen-bond donors (Lipinski definition) is 2. The van der Waals surface area contributed by atoms with Gasteiger partial charge in [0.25, 0.3) is 0 Å². The Morgan fingerprint density at radius 3 is 2.76 bits per heavy atom. The van der Waals surface area contributed by atoms with Gasteiger partial charge in [0, 0.05) is 11.8 Å². The molecular weight excluding hydrogens is 406 g/mol. The minimum absolute atomic E-state index is 0.129. The molecule has 1 aliphatic rings. The molecule has 2 N–H and O–H groups in total. The quantitative estimate of drug-likeness (QED) is 0.677. The monoisotopic (exact) mass is 419 g/mol. The molecule has 0 bridgehead atoms. The van der Waals surface area contributed by atoms with Crippen molar-refractivity contribution >= 4 is 33.2 Å². The number of halogens is 1. The Labute approximate surface area is 156 Å². The van der Waals surface area contributed by atoms with E-state index in [1.165, 1.54) is 0 Å². The van der Waals surface area contributed by atoms with Crippen LogP contribution in [0.4, 0.5) is 0 Å². The van der Waals surface area contributed by atoms with Crippen LogP contribution in [0.3, 0.4) is 0 Å². The molecule has 0 spiro atoms. The summed E-state index contributed by atoms with van der Waals surface area (Å²) in [6.45, 7) is 0.129. The average Bonchev–Trinajstić information content (AvgIpc) is 3.34. The molecule has 128 valence electrons. The number of carboxylic acid groups (broad SMARTS) is 1. The molecule has 3 aromatic rings. The third-order valence-corrected chi connectivity index (χ3v) is 5.56. The Kier molecular flexibility index (Phi) is 4.43. The van der Waals surface area contributed by atoms with E-state index in [-0.39, 0.29) is 6.61 Å². The molecule has 1 saturated heterocycles. The van der Waals surface area contributed by atoms with E-state index in [2.05, 4.69) is 21.2 Å². The van der Waals surface area contributed by atoms with Gasteiger partial charge in [-0.15, -0.1) is 11.3 Å². The highest BCUT2D eigenvalue weighted by molar-refractivity contribution is 9.11. The van der Waals surface area contributed by atoms with Crippen molar-refractivity contribution < 1.29 is 14.6 Å². The molecule has 2 aromatic heterocycles. The minimum atomic E-state index is -0.918. The molecule has 2 atom stereocenters. The summed E-state index contributed by atoms with van der Waals surface area (Å²) >= 11 is 5.05. The van der Waals surface area contributed by atoms with Crippen LogP contribution < -0.4 is 5.32 Å². The van der Waals surface area contributed by atoms with E-state index >= 15 is 0 Å². The van der Waals surface area contributed by atoms with Crippen molar-refractivity contribution in [3.05, 3.63) is 58.0 Å². The fourth-order valence-electron chi connectivity index (χ4n) is 2.72. The number of hydrogen-bond acceptors (Lipinski definition) is 5. The predicted octanol–water partition coefficient (Wildman–Crippen LogP) is 3.43. The highest BCUT2D eigenvalue weighted by Gasteiger charge is 2.33. The van der Waals surface area contributed by atoms with Gasteiger partial charge in [0.15, 0.2) is 0 Å². The lowest BCUT2D eigenvalue weighted by atomic mass is 10.2. The van der Waals surface area contributed by atoms with Crippen molar-refractivity contribution in [2.75, 3.05) is 6.61 Å². The average molecular weight is 420 g/mol. The molecule has 0 radical (unpaired) electrons. The van der Waals surface area contributed by atoms with Gasteiger partial charge < -0.3 is 9.84 Å². The first-order chi connectivity index (χ1) is 12.1. The van der Waals surface area contributed by atoms with Crippen molar-refractivity contribution in [3.63, 3.8) is 0 Å². The SMILES string of the molecule is O=C(O)[C@H]1COC(c2cn(-c3ccccc3)nc2-c2ccc(Br)s2)N1. The van der Waals surface area contributed by atoms with Gasteiger partial charge >= 0.3 is 5.97 Å².